The zero-order chi connectivity index (χ0) is 29.1. The summed E-state index contributed by atoms with van der Waals surface area (Å²) < 4.78 is 33.5. The van der Waals surface area contributed by atoms with Crippen LogP contribution in [0, 0.1) is 0 Å². The van der Waals surface area contributed by atoms with Crippen LogP contribution in [-0.4, -0.2) is 57.2 Å². The maximum absolute atomic E-state index is 13.4. The topological polar surface area (TPSA) is 102 Å². The van der Waals surface area contributed by atoms with Crippen molar-refractivity contribution < 1.29 is 27.0 Å². The van der Waals surface area contributed by atoms with Gasteiger partial charge in [-0.25, -0.2) is 0 Å². The van der Waals surface area contributed by atoms with E-state index in [1.54, 1.807) is 19.1 Å². The molecule has 5 aromatic carbocycles. The van der Waals surface area contributed by atoms with Gasteiger partial charge in [0.1, 0.15) is 5.75 Å². The number of nitrogens with zero attached hydrogens (tertiary/aromatic N) is 1. The van der Waals surface area contributed by atoms with Crippen LogP contribution in [0.2, 0.25) is 0 Å². The standard InChI is InChI=1S/C28H24N2O6S.C4H10/c1-2-29-36-37(33,34)16-15-35-14-13-30-27(31)22-11-9-20-18-7-3-5-17-6-4-8-19(24(17)18)21-10-12-23(28(30)32)26(22)25(20)21;1-3-4-2/h3-12,29H,2,13-16H2,1H3;3-4H2,1-2H3. The highest BCUT2D eigenvalue weighted by atomic mass is 32.2. The minimum absolute atomic E-state index is 0.0121. The van der Waals surface area contributed by atoms with Crippen molar-refractivity contribution in [3.05, 3.63) is 71.8 Å². The third-order valence-electron chi connectivity index (χ3n) is 7.36. The van der Waals surface area contributed by atoms with E-state index in [0.717, 1.165) is 32.3 Å². The van der Waals surface area contributed by atoms with E-state index in [1.165, 1.54) is 23.1 Å². The molecule has 5 aromatic rings. The lowest BCUT2D eigenvalue weighted by Crippen LogP contribution is -2.42. The van der Waals surface area contributed by atoms with E-state index < -0.39 is 10.1 Å². The van der Waals surface area contributed by atoms with Crippen molar-refractivity contribution >= 4 is 65.0 Å². The number of amides is 2. The molecule has 1 aliphatic rings. The summed E-state index contributed by atoms with van der Waals surface area (Å²) in [5.41, 5.74) is 3.25. The molecule has 1 aliphatic heterocycles. The third-order valence-corrected chi connectivity index (χ3v) is 8.40. The van der Waals surface area contributed by atoms with Crippen LogP contribution in [0.25, 0.3) is 43.1 Å². The van der Waals surface area contributed by atoms with Crippen molar-refractivity contribution in [3.8, 4) is 0 Å². The fourth-order valence-corrected chi connectivity index (χ4v) is 5.99. The van der Waals surface area contributed by atoms with Crippen molar-refractivity contribution in [2.45, 2.75) is 33.6 Å². The van der Waals surface area contributed by atoms with Gasteiger partial charge in [-0.05, 0) is 49.8 Å². The van der Waals surface area contributed by atoms with Gasteiger partial charge in [0.15, 0.2) is 0 Å². The number of carbonyl (C=O) groups excluding carboxylic acids is 2. The average Bonchev–Trinajstić information content (AvgIpc) is 2.99. The number of hydrogen-bond donors (Lipinski definition) is 1. The first-order valence-electron chi connectivity index (χ1n) is 14.0. The maximum Gasteiger partial charge on any atom is 0.285 e. The molecule has 0 bridgehead atoms. The first-order chi connectivity index (χ1) is 19.8. The molecule has 0 saturated carbocycles. The first-order valence-corrected chi connectivity index (χ1v) is 15.6. The monoisotopic (exact) mass is 574 g/mol. The second-order valence-corrected chi connectivity index (χ2v) is 11.7. The van der Waals surface area contributed by atoms with Crippen LogP contribution < -0.4 is 5.48 Å². The number of fused-ring (bicyclic) bond motifs is 2. The number of ether oxygens (including phenoxy) is 1. The molecule has 0 aromatic heterocycles. The van der Waals surface area contributed by atoms with E-state index >= 15 is 0 Å². The summed E-state index contributed by atoms with van der Waals surface area (Å²) in [7, 11) is -3.76. The number of imide groups is 1. The summed E-state index contributed by atoms with van der Waals surface area (Å²) in [4.78, 5) is 28.1. The lowest BCUT2D eigenvalue weighted by atomic mass is 9.85. The van der Waals surface area contributed by atoms with Gasteiger partial charge in [0, 0.05) is 23.1 Å². The average molecular weight is 575 g/mol. The smallest absolute Gasteiger partial charge is 0.285 e. The zero-order valence-corrected chi connectivity index (χ0v) is 24.3. The van der Waals surface area contributed by atoms with E-state index in [0.29, 0.717) is 23.1 Å². The molecule has 2 amide bonds. The molecule has 0 radical (unpaired) electrons. The highest BCUT2D eigenvalue weighted by Gasteiger charge is 2.34. The number of unbranched alkanes of at least 4 members (excludes halogenated alkanes) is 1. The maximum atomic E-state index is 13.4. The van der Waals surface area contributed by atoms with Crippen LogP contribution >= 0.6 is 0 Å². The molecule has 8 nitrogen and oxygen atoms in total. The molecule has 0 spiro atoms. The van der Waals surface area contributed by atoms with Gasteiger partial charge in [-0.2, -0.15) is 18.2 Å². The van der Waals surface area contributed by atoms with Gasteiger partial charge in [0.25, 0.3) is 21.9 Å². The minimum Gasteiger partial charge on any atom is -0.378 e. The molecule has 41 heavy (non-hydrogen) atoms. The quantitative estimate of drug-likeness (QED) is 0.0715. The number of hydroxylamine groups is 1. The Labute approximate surface area is 239 Å². The van der Waals surface area contributed by atoms with E-state index in [1.807, 2.05) is 24.3 Å². The van der Waals surface area contributed by atoms with E-state index in [9.17, 15) is 18.0 Å². The van der Waals surface area contributed by atoms with Crippen LogP contribution in [0.5, 0.6) is 0 Å². The molecule has 0 atom stereocenters. The summed E-state index contributed by atoms with van der Waals surface area (Å²) in [5.74, 6) is -1.11. The van der Waals surface area contributed by atoms with Crippen LogP contribution in [0.15, 0.2) is 60.7 Å². The summed E-state index contributed by atoms with van der Waals surface area (Å²) in [6, 6.07) is 19.9. The highest BCUT2D eigenvalue weighted by molar-refractivity contribution is 7.86. The lowest BCUT2D eigenvalue weighted by molar-refractivity contribution is 0.0531. The van der Waals surface area contributed by atoms with Gasteiger partial charge in [-0.3, -0.25) is 14.5 Å². The molecule has 0 aliphatic carbocycles. The number of rotatable bonds is 10. The Hall–Kier alpha value is -3.63. The molecule has 6 rings (SSSR count). The molecule has 0 fully saturated rings. The molecular formula is C32H34N2O6S. The Morgan fingerprint density at radius 3 is 1.80 bits per heavy atom. The van der Waals surface area contributed by atoms with Crippen LogP contribution in [0.1, 0.15) is 54.3 Å². The van der Waals surface area contributed by atoms with Gasteiger partial charge in [-0.1, -0.05) is 82.1 Å². The van der Waals surface area contributed by atoms with Crippen molar-refractivity contribution in [1.29, 1.82) is 0 Å². The number of benzene rings is 5. The van der Waals surface area contributed by atoms with Gasteiger partial charge in [0.05, 0.1) is 19.8 Å². The SMILES string of the molecule is CCCC.CCNOS(=O)(=O)CCOCCN1C(=O)c2ccc3c4cccc5cccc(c6ccc(c2c36)C1=O)c54. The molecule has 214 valence electrons. The van der Waals surface area contributed by atoms with Gasteiger partial charge in [0.2, 0.25) is 0 Å². The lowest BCUT2D eigenvalue weighted by Gasteiger charge is -2.28. The Bertz CT molecular complexity index is 1750. The zero-order valence-electron chi connectivity index (χ0n) is 23.5. The van der Waals surface area contributed by atoms with E-state index in [4.69, 9.17) is 4.74 Å². The summed E-state index contributed by atoms with van der Waals surface area (Å²) in [5, 5.41) is 8.13. The second-order valence-electron chi connectivity index (χ2n) is 10.00. The van der Waals surface area contributed by atoms with Crippen molar-refractivity contribution in [1.82, 2.24) is 10.4 Å². The normalized spacial score (nSPS) is 13.5. The third kappa shape index (κ3) is 5.38. The van der Waals surface area contributed by atoms with E-state index in [2.05, 4.69) is 47.9 Å². The molecule has 0 unspecified atom stereocenters. The molecule has 1 heterocycles. The van der Waals surface area contributed by atoms with Crippen molar-refractivity contribution in [2.24, 2.45) is 0 Å². The fourth-order valence-electron chi connectivity index (χ4n) is 5.29. The van der Waals surface area contributed by atoms with Gasteiger partial charge < -0.3 is 4.74 Å². The minimum atomic E-state index is -3.76. The molecule has 9 heteroatoms. The van der Waals surface area contributed by atoms with Crippen LogP contribution in [0.4, 0.5) is 0 Å². The number of carbonyl (C=O) groups is 2. The van der Waals surface area contributed by atoms with E-state index in [-0.39, 0.29) is 37.3 Å². The highest BCUT2D eigenvalue weighted by Crippen LogP contribution is 2.43. The number of hydrogen-bond acceptors (Lipinski definition) is 7. The molecular weight excluding hydrogens is 540 g/mol. The predicted molar refractivity (Wildman–Crippen MR) is 163 cm³/mol. The Morgan fingerprint density at radius 2 is 1.27 bits per heavy atom. The molecule has 1 N–H and O–H groups in total. The largest absolute Gasteiger partial charge is 0.378 e. The Kier molecular flexibility index (Phi) is 8.51. The van der Waals surface area contributed by atoms with Crippen molar-refractivity contribution in [2.75, 3.05) is 32.1 Å². The number of nitrogens with one attached hydrogen (secondary N) is 1. The van der Waals surface area contributed by atoms with Crippen LogP contribution in [0.3, 0.4) is 0 Å². The second kappa shape index (κ2) is 12.1. The summed E-state index contributed by atoms with van der Waals surface area (Å²) in [6.45, 7) is 6.33. The molecule has 0 saturated heterocycles. The van der Waals surface area contributed by atoms with Crippen molar-refractivity contribution in [3.63, 3.8) is 0 Å². The van der Waals surface area contributed by atoms with Crippen LogP contribution in [-0.2, 0) is 19.1 Å². The summed E-state index contributed by atoms with van der Waals surface area (Å²) >= 11 is 0. The summed E-state index contributed by atoms with van der Waals surface area (Å²) in [6.07, 6.45) is 2.64. The predicted octanol–water partition coefficient (Wildman–Crippen LogP) is 6.03. The Balaban J connectivity index is 0.000000794. The first kappa shape index (κ1) is 28.9. The van der Waals surface area contributed by atoms with Gasteiger partial charge >= 0.3 is 0 Å². The Morgan fingerprint density at radius 1 is 0.707 bits per heavy atom. The fraction of sp³-hybridized carbons (Fsp3) is 0.312. The van der Waals surface area contributed by atoms with Gasteiger partial charge in [-0.15, -0.1) is 0 Å².